The molecular weight excluding hydrogens is 298 g/mol. The summed E-state index contributed by atoms with van der Waals surface area (Å²) in [5.41, 5.74) is 1.41. The average molecular weight is 314 g/mol. The van der Waals surface area contributed by atoms with Crippen molar-refractivity contribution < 1.29 is 5.11 Å². The van der Waals surface area contributed by atoms with Gasteiger partial charge in [-0.3, -0.25) is 4.99 Å². The molecule has 0 fully saturated rings. The standard InChI is InChI=1S/C17H16ClN3O/c1-20-15-5-3-2-4-14(15)17(22,21-11-10-19-16(20)21)12-6-8-13(18)9-7-12/h2-9,22H,10-11H2,1H3. The van der Waals surface area contributed by atoms with Crippen molar-refractivity contribution in [1.29, 1.82) is 0 Å². The number of fused-ring (bicyclic) bond motifs is 2. The van der Waals surface area contributed by atoms with Gasteiger partial charge in [0.05, 0.1) is 12.2 Å². The Morgan fingerprint density at radius 3 is 2.64 bits per heavy atom. The van der Waals surface area contributed by atoms with E-state index in [1.165, 1.54) is 0 Å². The summed E-state index contributed by atoms with van der Waals surface area (Å²) in [4.78, 5) is 8.55. The van der Waals surface area contributed by atoms with Gasteiger partial charge in [-0.25, -0.2) is 0 Å². The van der Waals surface area contributed by atoms with Crippen molar-refractivity contribution in [3.63, 3.8) is 0 Å². The number of halogens is 1. The highest BCUT2D eigenvalue weighted by Crippen LogP contribution is 2.44. The average Bonchev–Trinajstić information content (AvgIpc) is 3.04. The number of anilines is 1. The van der Waals surface area contributed by atoms with Crippen LogP contribution in [0, 0.1) is 0 Å². The molecular formula is C17H16ClN3O. The number of nitrogens with zero attached hydrogens (tertiary/aromatic N) is 3. The van der Waals surface area contributed by atoms with Gasteiger partial charge in [0.1, 0.15) is 0 Å². The van der Waals surface area contributed by atoms with Crippen LogP contribution in [0.5, 0.6) is 0 Å². The maximum atomic E-state index is 11.6. The van der Waals surface area contributed by atoms with Gasteiger partial charge in [0.2, 0.25) is 5.96 Å². The summed E-state index contributed by atoms with van der Waals surface area (Å²) in [5, 5.41) is 12.3. The summed E-state index contributed by atoms with van der Waals surface area (Å²) in [6.45, 7) is 1.37. The molecule has 1 atom stereocenters. The van der Waals surface area contributed by atoms with Gasteiger partial charge in [0.15, 0.2) is 5.72 Å². The van der Waals surface area contributed by atoms with E-state index < -0.39 is 5.72 Å². The molecule has 4 rings (SSSR count). The van der Waals surface area contributed by atoms with Crippen molar-refractivity contribution in [3.05, 3.63) is 64.7 Å². The van der Waals surface area contributed by atoms with Crippen molar-refractivity contribution in [2.45, 2.75) is 5.72 Å². The predicted octanol–water partition coefficient (Wildman–Crippen LogP) is 2.65. The van der Waals surface area contributed by atoms with E-state index in [0.29, 0.717) is 18.1 Å². The van der Waals surface area contributed by atoms with Crippen LogP contribution in [0.25, 0.3) is 0 Å². The lowest BCUT2D eigenvalue weighted by molar-refractivity contribution is -0.0356. The van der Waals surface area contributed by atoms with Crippen LogP contribution in [0.2, 0.25) is 5.02 Å². The summed E-state index contributed by atoms with van der Waals surface area (Å²) in [7, 11) is 1.98. The van der Waals surface area contributed by atoms with E-state index in [1.54, 1.807) is 0 Å². The number of hydrogen-bond donors (Lipinski definition) is 1. The van der Waals surface area contributed by atoms with Crippen molar-refractivity contribution in [1.82, 2.24) is 4.90 Å². The maximum Gasteiger partial charge on any atom is 0.203 e. The van der Waals surface area contributed by atoms with E-state index in [0.717, 1.165) is 22.8 Å². The van der Waals surface area contributed by atoms with Crippen LogP contribution in [0.3, 0.4) is 0 Å². The molecule has 2 aromatic carbocycles. The van der Waals surface area contributed by atoms with Crippen molar-refractivity contribution in [2.75, 3.05) is 25.0 Å². The Morgan fingerprint density at radius 1 is 1.14 bits per heavy atom. The third kappa shape index (κ3) is 1.71. The molecule has 4 nitrogen and oxygen atoms in total. The molecule has 0 bridgehead atoms. The first kappa shape index (κ1) is 13.6. The summed E-state index contributed by atoms with van der Waals surface area (Å²) in [6, 6.07) is 15.3. The van der Waals surface area contributed by atoms with Gasteiger partial charge in [-0.2, -0.15) is 0 Å². The second kappa shape index (κ2) is 4.73. The first-order valence-corrected chi connectivity index (χ1v) is 7.64. The van der Waals surface area contributed by atoms with Crippen LogP contribution < -0.4 is 4.90 Å². The van der Waals surface area contributed by atoms with Crippen molar-refractivity contribution >= 4 is 23.2 Å². The Hall–Kier alpha value is -2.04. The van der Waals surface area contributed by atoms with Crippen LogP contribution in [-0.2, 0) is 5.72 Å². The quantitative estimate of drug-likeness (QED) is 0.880. The second-order valence-electron chi connectivity index (χ2n) is 5.59. The van der Waals surface area contributed by atoms with E-state index in [2.05, 4.69) is 4.99 Å². The molecule has 0 spiro atoms. The zero-order valence-electron chi connectivity index (χ0n) is 12.2. The number of benzene rings is 2. The van der Waals surface area contributed by atoms with Crippen LogP contribution >= 0.6 is 11.6 Å². The van der Waals surface area contributed by atoms with E-state index in [4.69, 9.17) is 11.6 Å². The van der Waals surface area contributed by atoms with Gasteiger partial charge in [0, 0.05) is 29.7 Å². The number of hydrogen-bond acceptors (Lipinski definition) is 4. The molecule has 1 N–H and O–H groups in total. The summed E-state index contributed by atoms with van der Waals surface area (Å²) >= 11 is 6.00. The van der Waals surface area contributed by atoms with E-state index in [-0.39, 0.29) is 0 Å². The normalized spacial score (nSPS) is 23.1. The van der Waals surface area contributed by atoms with E-state index in [9.17, 15) is 5.11 Å². The SMILES string of the molecule is CN1C2=NCCN2C(O)(c2ccc(Cl)cc2)c2ccccc21. The van der Waals surface area contributed by atoms with Gasteiger partial charge < -0.3 is 14.9 Å². The number of aliphatic hydroxyl groups is 1. The highest BCUT2D eigenvalue weighted by atomic mass is 35.5. The minimum Gasteiger partial charge on any atom is -0.363 e. The topological polar surface area (TPSA) is 39.1 Å². The molecule has 2 aromatic rings. The predicted molar refractivity (Wildman–Crippen MR) is 88.3 cm³/mol. The molecule has 2 aliphatic rings. The number of aliphatic imine (C=N–C) groups is 1. The first-order valence-electron chi connectivity index (χ1n) is 7.26. The fraction of sp³-hybridized carbons (Fsp3) is 0.235. The lowest BCUT2D eigenvalue weighted by Gasteiger charge is -2.47. The Balaban J connectivity index is 1.98. The Kier molecular flexibility index (Phi) is 2.93. The van der Waals surface area contributed by atoms with Gasteiger partial charge in [-0.05, 0) is 18.2 Å². The molecule has 1 unspecified atom stereocenters. The zero-order valence-corrected chi connectivity index (χ0v) is 13.0. The molecule has 0 saturated heterocycles. The largest absolute Gasteiger partial charge is 0.363 e. The molecule has 0 aliphatic carbocycles. The highest BCUT2D eigenvalue weighted by Gasteiger charge is 2.48. The highest BCUT2D eigenvalue weighted by molar-refractivity contribution is 6.30. The molecule has 112 valence electrons. The number of rotatable bonds is 1. The molecule has 0 aromatic heterocycles. The van der Waals surface area contributed by atoms with Gasteiger partial charge >= 0.3 is 0 Å². The minimum atomic E-state index is -1.22. The molecule has 5 heteroatoms. The van der Waals surface area contributed by atoms with Gasteiger partial charge in [-0.15, -0.1) is 0 Å². The third-order valence-electron chi connectivity index (χ3n) is 4.40. The fourth-order valence-corrected chi connectivity index (χ4v) is 3.46. The Morgan fingerprint density at radius 2 is 1.86 bits per heavy atom. The molecule has 0 saturated carbocycles. The van der Waals surface area contributed by atoms with Crippen LogP contribution in [0.1, 0.15) is 11.1 Å². The molecule has 2 heterocycles. The van der Waals surface area contributed by atoms with Crippen LogP contribution in [0.4, 0.5) is 5.69 Å². The third-order valence-corrected chi connectivity index (χ3v) is 4.65. The van der Waals surface area contributed by atoms with Gasteiger partial charge in [0.25, 0.3) is 0 Å². The summed E-state index contributed by atoms with van der Waals surface area (Å²) in [6.07, 6.45) is 0. The molecule has 0 amide bonds. The monoisotopic (exact) mass is 313 g/mol. The van der Waals surface area contributed by atoms with Crippen LogP contribution in [-0.4, -0.2) is 36.1 Å². The molecule has 0 radical (unpaired) electrons. The van der Waals surface area contributed by atoms with Crippen LogP contribution in [0.15, 0.2) is 53.5 Å². The fourth-order valence-electron chi connectivity index (χ4n) is 3.34. The Labute approximate surface area is 134 Å². The smallest absolute Gasteiger partial charge is 0.203 e. The second-order valence-corrected chi connectivity index (χ2v) is 6.03. The zero-order chi connectivity index (χ0) is 15.3. The number of guanidine groups is 1. The minimum absolute atomic E-state index is 0.656. The first-order chi connectivity index (χ1) is 10.6. The van der Waals surface area contributed by atoms with E-state index in [1.807, 2.05) is 65.4 Å². The molecule has 22 heavy (non-hydrogen) atoms. The van der Waals surface area contributed by atoms with Crippen molar-refractivity contribution in [2.24, 2.45) is 4.99 Å². The van der Waals surface area contributed by atoms with E-state index >= 15 is 0 Å². The summed E-state index contributed by atoms with van der Waals surface area (Å²) in [5.74, 6) is 0.802. The molecule has 2 aliphatic heterocycles. The van der Waals surface area contributed by atoms with Gasteiger partial charge in [-0.1, -0.05) is 41.9 Å². The number of para-hydroxylation sites is 1. The lowest BCUT2D eigenvalue weighted by Crippen LogP contribution is -2.57. The summed E-state index contributed by atoms with van der Waals surface area (Å²) < 4.78 is 0. The lowest BCUT2D eigenvalue weighted by atomic mass is 9.89. The van der Waals surface area contributed by atoms with Crippen molar-refractivity contribution in [3.8, 4) is 0 Å². The Bertz CT molecular complexity index is 759. The maximum absolute atomic E-state index is 11.6.